The Hall–Kier alpha value is -0.130. The standard InChI is InChI=1S/C12H24N2O2S/c1-12(7-3-2-4-8-12)14-17(15,16)11-6-5-9-13-10-11/h11,13-14H,2-10H2,1H3. The van der Waals surface area contributed by atoms with E-state index in [4.69, 9.17) is 0 Å². The number of sulfonamides is 1. The minimum atomic E-state index is -3.15. The van der Waals surface area contributed by atoms with Gasteiger partial charge < -0.3 is 5.32 Å². The molecule has 1 unspecified atom stereocenters. The number of piperidine rings is 1. The van der Waals surface area contributed by atoms with Crippen molar-refractivity contribution in [3.8, 4) is 0 Å². The van der Waals surface area contributed by atoms with Gasteiger partial charge in [0.2, 0.25) is 10.0 Å². The zero-order valence-electron chi connectivity index (χ0n) is 10.7. The summed E-state index contributed by atoms with van der Waals surface area (Å²) in [4.78, 5) is 0. The Morgan fingerprint density at radius 2 is 1.88 bits per heavy atom. The van der Waals surface area contributed by atoms with Crippen LogP contribution in [-0.2, 0) is 10.0 Å². The summed E-state index contributed by atoms with van der Waals surface area (Å²) < 4.78 is 27.6. The van der Waals surface area contributed by atoms with Crippen LogP contribution in [0, 0.1) is 0 Å². The second-order valence-corrected chi connectivity index (χ2v) is 7.70. The molecule has 1 saturated carbocycles. The quantitative estimate of drug-likeness (QED) is 0.806. The van der Waals surface area contributed by atoms with Crippen LogP contribution < -0.4 is 10.0 Å². The summed E-state index contributed by atoms with van der Waals surface area (Å²) in [6, 6.07) is 0. The van der Waals surface area contributed by atoms with Crippen molar-refractivity contribution in [3.05, 3.63) is 0 Å². The fraction of sp³-hybridized carbons (Fsp3) is 1.00. The molecule has 1 atom stereocenters. The lowest BCUT2D eigenvalue weighted by Gasteiger charge is -2.36. The van der Waals surface area contributed by atoms with Gasteiger partial charge in [-0.3, -0.25) is 0 Å². The SMILES string of the molecule is CC1(NS(=O)(=O)C2CCCNC2)CCCCC1. The topological polar surface area (TPSA) is 58.2 Å². The summed E-state index contributed by atoms with van der Waals surface area (Å²) in [6.45, 7) is 3.61. The van der Waals surface area contributed by atoms with E-state index in [0.29, 0.717) is 6.54 Å². The largest absolute Gasteiger partial charge is 0.315 e. The van der Waals surface area contributed by atoms with Gasteiger partial charge in [0.25, 0.3) is 0 Å². The molecule has 0 spiro atoms. The Morgan fingerprint density at radius 3 is 2.47 bits per heavy atom. The van der Waals surface area contributed by atoms with E-state index in [1.54, 1.807) is 0 Å². The van der Waals surface area contributed by atoms with Crippen molar-refractivity contribution in [3.63, 3.8) is 0 Å². The van der Waals surface area contributed by atoms with Crippen molar-refractivity contribution in [1.29, 1.82) is 0 Å². The Bertz CT molecular complexity index is 342. The van der Waals surface area contributed by atoms with E-state index in [9.17, 15) is 8.42 Å². The van der Waals surface area contributed by atoms with Crippen LogP contribution in [0.15, 0.2) is 0 Å². The highest BCUT2D eigenvalue weighted by Crippen LogP contribution is 2.29. The van der Waals surface area contributed by atoms with Crippen LogP contribution in [0.4, 0.5) is 0 Å². The molecule has 1 saturated heterocycles. The van der Waals surface area contributed by atoms with Gasteiger partial charge in [-0.2, -0.15) is 0 Å². The lowest BCUT2D eigenvalue weighted by molar-refractivity contribution is 0.292. The van der Waals surface area contributed by atoms with Crippen molar-refractivity contribution in [2.75, 3.05) is 13.1 Å². The Balaban J connectivity index is 2.00. The lowest BCUT2D eigenvalue weighted by atomic mass is 9.84. The minimum absolute atomic E-state index is 0.200. The molecule has 2 rings (SSSR count). The van der Waals surface area contributed by atoms with Gasteiger partial charge in [0, 0.05) is 12.1 Å². The van der Waals surface area contributed by atoms with Gasteiger partial charge in [0.1, 0.15) is 0 Å². The van der Waals surface area contributed by atoms with E-state index in [-0.39, 0.29) is 10.8 Å². The summed E-state index contributed by atoms with van der Waals surface area (Å²) in [5, 5.41) is 2.93. The molecule has 2 N–H and O–H groups in total. The Morgan fingerprint density at radius 1 is 1.18 bits per heavy atom. The van der Waals surface area contributed by atoms with Crippen molar-refractivity contribution >= 4 is 10.0 Å². The van der Waals surface area contributed by atoms with Crippen molar-refractivity contribution < 1.29 is 8.42 Å². The number of rotatable bonds is 3. The molecule has 0 aromatic carbocycles. The number of hydrogen-bond acceptors (Lipinski definition) is 3. The van der Waals surface area contributed by atoms with Gasteiger partial charge in [-0.05, 0) is 39.2 Å². The average molecular weight is 260 g/mol. The smallest absolute Gasteiger partial charge is 0.216 e. The van der Waals surface area contributed by atoms with Crippen LogP contribution in [0.25, 0.3) is 0 Å². The van der Waals surface area contributed by atoms with Crippen LogP contribution >= 0.6 is 0 Å². The summed E-state index contributed by atoms with van der Waals surface area (Å²) >= 11 is 0. The van der Waals surface area contributed by atoms with Crippen LogP contribution in [0.1, 0.15) is 51.9 Å². The van der Waals surface area contributed by atoms with Gasteiger partial charge in [-0.25, -0.2) is 13.1 Å². The third-order valence-electron chi connectivity index (χ3n) is 4.04. The van der Waals surface area contributed by atoms with Gasteiger partial charge in [0.05, 0.1) is 5.25 Å². The molecule has 1 aliphatic heterocycles. The normalized spacial score (nSPS) is 30.1. The number of nitrogens with one attached hydrogen (secondary N) is 2. The maximum Gasteiger partial charge on any atom is 0.216 e. The molecule has 0 bridgehead atoms. The average Bonchev–Trinajstić information content (AvgIpc) is 2.30. The second-order valence-electron chi connectivity index (χ2n) is 5.74. The van der Waals surface area contributed by atoms with Gasteiger partial charge >= 0.3 is 0 Å². The molecule has 0 aromatic rings. The molecule has 5 heteroatoms. The molecule has 17 heavy (non-hydrogen) atoms. The molecule has 4 nitrogen and oxygen atoms in total. The zero-order chi connectivity index (χ0) is 12.4. The first-order valence-corrected chi connectivity index (χ1v) is 8.30. The first kappa shape index (κ1) is 13.3. The summed E-state index contributed by atoms with van der Waals surface area (Å²) in [5.41, 5.74) is -0.200. The fourth-order valence-electron chi connectivity index (χ4n) is 2.95. The molecule has 0 amide bonds. The maximum absolute atomic E-state index is 12.3. The summed E-state index contributed by atoms with van der Waals surface area (Å²) in [7, 11) is -3.15. The van der Waals surface area contributed by atoms with Crippen LogP contribution in [0.5, 0.6) is 0 Å². The Kier molecular flexibility index (Phi) is 4.10. The highest BCUT2D eigenvalue weighted by Gasteiger charge is 2.35. The molecule has 0 radical (unpaired) electrons. The van der Waals surface area contributed by atoms with E-state index >= 15 is 0 Å². The molecule has 100 valence electrons. The van der Waals surface area contributed by atoms with Crippen molar-refractivity contribution in [1.82, 2.24) is 10.0 Å². The maximum atomic E-state index is 12.3. The third-order valence-corrected chi connectivity index (χ3v) is 6.09. The van der Waals surface area contributed by atoms with Crippen LogP contribution in [-0.4, -0.2) is 32.3 Å². The predicted molar refractivity (Wildman–Crippen MR) is 69.4 cm³/mol. The Labute approximate surface area is 105 Å². The third kappa shape index (κ3) is 3.42. The first-order valence-electron chi connectivity index (χ1n) is 6.75. The van der Waals surface area contributed by atoms with Crippen LogP contribution in [0.3, 0.4) is 0 Å². The molecule has 0 aromatic heterocycles. The molecular weight excluding hydrogens is 236 g/mol. The summed E-state index contributed by atoms with van der Waals surface area (Å²) in [5.74, 6) is 0. The predicted octanol–water partition coefficient (Wildman–Crippen LogP) is 1.38. The van der Waals surface area contributed by atoms with Gasteiger partial charge in [0.15, 0.2) is 0 Å². The van der Waals surface area contributed by atoms with Crippen molar-refractivity contribution in [2.45, 2.75) is 62.7 Å². The van der Waals surface area contributed by atoms with E-state index in [2.05, 4.69) is 17.0 Å². The summed E-state index contributed by atoms with van der Waals surface area (Å²) in [6.07, 6.45) is 7.23. The highest BCUT2D eigenvalue weighted by molar-refractivity contribution is 7.90. The molecule has 1 heterocycles. The van der Waals surface area contributed by atoms with Crippen molar-refractivity contribution in [2.24, 2.45) is 0 Å². The van der Waals surface area contributed by atoms with Crippen LogP contribution in [0.2, 0.25) is 0 Å². The fourth-order valence-corrected chi connectivity index (χ4v) is 4.82. The molecular formula is C12H24N2O2S. The molecule has 1 aliphatic carbocycles. The van der Waals surface area contributed by atoms with E-state index in [1.807, 2.05) is 0 Å². The van der Waals surface area contributed by atoms with Gasteiger partial charge in [-0.1, -0.05) is 19.3 Å². The second kappa shape index (κ2) is 5.24. The van der Waals surface area contributed by atoms with E-state index < -0.39 is 10.0 Å². The van der Waals surface area contributed by atoms with E-state index in [0.717, 1.165) is 45.1 Å². The highest BCUT2D eigenvalue weighted by atomic mass is 32.2. The number of hydrogen-bond donors (Lipinski definition) is 2. The van der Waals surface area contributed by atoms with Gasteiger partial charge in [-0.15, -0.1) is 0 Å². The monoisotopic (exact) mass is 260 g/mol. The lowest BCUT2D eigenvalue weighted by Crippen LogP contribution is -2.53. The molecule has 2 aliphatic rings. The zero-order valence-corrected chi connectivity index (χ0v) is 11.5. The first-order chi connectivity index (χ1) is 8.02. The minimum Gasteiger partial charge on any atom is -0.315 e. The molecule has 2 fully saturated rings. The van der Waals surface area contributed by atoms with E-state index in [1.165, 1.54) is 6.42 Å².